The Bertz CT molecular complexity index is 201. The highest BCUT2D eigenvalue weighted by Crippen LogP contribution is 2.06. The first-order chi connectivity index (χ1) is 5.86. The molecule has 3 N–H and O–H groups in total. The molecular formula is C8H14N2OS. The summed E-state index contributed by atoms with van der Waals surface area (Å²) in [5.74, 6) is 7.35. The van der Waals surface area contributed by atoms with Gasteiger partial charge in [0.25, 0.3) is 0 Å². The lowest BCUT2D eigenvalue weighted by molar-refractivity contribution is 0.465. The standard InChI is InChI=1S/C8H14N2OS/c1-12-6-7(10-9)5-8-3-2-4-11-8/h2-4,7,10H,5-6,9H2,1H3. The molecule has 1 aromatic rings. The van der Waals surface area contributed by atoms with Crippen LogP contribution < -0.4 is 11.3 Å². The summed E-state index contributed by atoms with van der Waals surface area (Å²) in [6.07, 6.45) is 4.60. The first-order valence-corrected chi connectivity index (χ1v) is 5.23. The summed E-state index contributed by atoms with van der Waals surface area (Å²) in [6, 6.07) is 4.15. The molecule has 0 aliphatic carbocycles. The Morgan fingerprint density at radius 1 is 1.75 bits per heavy atom. The van der Waals surface area contributed by atoms with E-state index >= 15 is 0 Å². The van der Waals surface area contributed by atoms with Crippen LogP contribution in [0.1, 0.15) is 5.76 Å². The van der Waals surface area contributed by atoms with Crippen molar-refractivity contribution in [1.82, 2.24) is 5.43 Å². The van der Waals surface area contributed by atoms with E-state index in [2.05, 4.69) is 11.7 Å². The molecule has 1 rings (SSSR count). The van der Waals surface area contributed by atoms with E-state index in [0.717, 1.165) is 17.9 Å². The quantitative estimate of drug-likeness (QED) is 0.532. The van der Waals surface area contributed by atoms with Crippen LogP contribution in [0.2, 0.25) is 0 Å². The van der Waals surface area contributed by atoms with Crippen LogP contribution in [0.5, 0.6) is 0 Å². The Hall–Kier alpha value is -0.450. The Morgan fingerprint density at radius 2 is 2.58 bits per heavy atom. The number of nitrogens with one attached hydrogen (secondary N) is 1. The van der Waals surface area contributed by atoms with Crippen LogP contribution in [0.4, 0.5) is 0 Å². The second-order valence-corrected chi connectivity index (χ2v) is 3.51. The average molecular weight is 186 g/mol. The third-order valence-corrected chi connectivity index (χ3v) is 2.37. The van der Waals surface area contributed by atoms with Gasteiger partial charge < -0.3 is 4.42 Å². The maximum atomic E-state index is 5.37. The van der Waals surface area contributed by atoms with Crippen molar-refractivity contribution in [2.24, 2.45) is 5.84 Å². The van der Waals surface area contributed by atoms with Gasteiger partial charge in [-0.25, -0.2) is 0 Å². The first kappa shape index (κ1) is 9.64. The van der Waals surface area contributed by atoms with Gasteiger partial charge in [-0.3, -0.25) is 11.3 Å². The Kier molecular flexibility index (Phi) is 4.21. The summed E-state index contributed by atoms with van der Waals surface area (Å²) in [5, 5.41) is 0. The predicted molar refractivity (Wildman–Crippen MR) is 51.9 cm³/mol. The number of hydrogen-bond donors (Lipinski definition) is 2. The van der Waals surface area contributed by atoms with E-state index < -0.39 is 0 Å². The normalized spacial score (nSPS) is 13.2. The fourth-order valence-corrected chi connectivity index (χ4v) is 1.66. The molecule has 0 saturated carbocycles. The van der Waals surface area contributed by atoms with E-state index in [4.69, 9.17) is 10.3 Å². The molecule has 0 aliphatic heterocycles. The van der Waals surface area contributed by atoms with Gasteiger partial charge in [-0.2, -0.15) is 11.8 Å². The number of hydrazine groups is 1. The van der Waals surface area contributed by atoms with Crippen LogP contribution in [0.15, 0.2) is 22.8 Å². The molecule has 0 spiro atoms. The molecule has 4 heteroatoms. The lowest BCUT2D eigenvalue weighted by Crippen LogP contribution is -2.38. The number of furan rings is 1. The van der Waals surface area contributed by atoms with Crippen LogP contribution in [-0.2, 0) is 6.42 Å². The van der Waals surface area contributed by atoms with Crippen molar-refractivity contribution >= 4 is 11.8 Å². The zero-order chi connectivity index (χ0) is 8.81. The topological polar surface area (TPSA) is 51.2 Å². The summed E-state index contributed by atoms with van der Waals surface area (Å²) in [6.45, 7) is 0. The smallest absolute Gasteiger partial charge is 0.105 e. The summed E-state index contributed by atoms with van der Waals surface area (Å²) in [7, 11) is 0. The van der Waals surface area contributed by atoms with E-state index in [1.165, 1.54) is 0 Å². The molecule has 0 bridgehead atoms. The molecule has 68 valence electrons. The van der Waals surface area contributed by atoms with E-state index in [9.17, 15) is 0 Å². The molecule has 1 unspecified atom stereocenters. The fourth-order valence-electron chi connectivity index (χ4n) is 1.04. The Labute approximate surface area is 76.7 Å². The van der Waals surface area contributed by atoms with Crippen molar-refractivity contribution in [3.05, 3.63) is 24.2 Å². The lowest BCUT2D eigenvalue weighted by atomic mass is 10.2. The van der Waals surface area contributed by atoms with Crippen molar-refractivity contribution in [2.75, 3.05) is 12.0 Å². The van der Waals surface area contributed by atoms with Gasteiger partial charge in [0.15, 0.2) is 0 Å². The number of rotatable bonds is 5. The minimum Gasteiger partial charge on any atom is -0.469 e. The minimum atomic E-state index is 0.297. The molecular weight excluding hydrogens is 172 g/mol. The van der Waals surface area contributed by atoms with Crippen LogP contribution in [0.3, 0.4) is 0 Å². The zero-order valence-electron chi connectivity index (χ0n) is 7.12. The summed E-state index contributed by atoms with van der Waals surface area (Å²) >= 11 is 1.77. The van der Waals surface area contributed by atoms with Gasteiger partial charge >= 0.3 is 0 Å². The molecule has 0 aromatic carbocycles. The molecule has 1 atom stereocenters. The molecule has 0 radical (unpaired) electrons. The monoisotopic (exact) mass is 186 g/mol. The van der Waals surface area contributed by atoms with Gasteiger partial charge in [0, 0.05) is 18.2 Å². The number of nitrogens with two attached hydrogens (primary N) is 1. The average Bonchev–Trinajstić information content (AvgIpc) is 2.56. The number of hydrogen-bond acceptors (Lipinski definition) is 4. The third-order valence-electron chi connectivity index (χ3n) is 1.63. The van der Waals surface area contributed by atoms with Crippen molar-refractivity contribution in [3.8, 4) is 0 Å². The predicted octanol–water partition coefficient (Wildman–Crippen LogP) is 1.02. The van der Waals surface area contributed by atoms with E-state index in [-0.39, 0.29) is 0 Å². The van der Waals surface area contributed by atoms with Crippen molar-refractivity contribution in [3.63, 3.8) is 0 Å². The van der Waals surface area contributed by atoms with E-state index in [1.54, 1.807) is 18.0 Å². The highest BCUT2D eigenvalue weighted by atomic mass is 32.2. The van der Waals surface area contributed by atoms with Crippen molar-refractivity contribution in [2.45, 2.75) is 12.5 Å². The van der Waals surface area contributed by atoms with Crippen molar-refractivity contribution < 1.29 is 4.42 Å². The van der Waals surface area contributed by atoms with Crippen LogP contribution in [0, 0.1) is 0 Å². The van der Waals surface area contributed by atoms with Crippen LogP contribution in [-0.4, -0.2) is 18.1 Å². The molecule has 0 amide bonds. The first-order valence-electron chi connectivity index (χ1n) is 3.84. The Morgan fingerprint density at radius 3 is 3.08 bits per heavy atom. The van der Waals surface area contributed by atoms with Gasteiger partial charge in [0.2, 0.25) is 0 Å². The summed E-state index contributed by atoms with van der Waals surface area (Å²) < 4.78 is 5.21. The zero-order valence-corrected chi connectivity index (χ0v) is 7.93. The molecule has 0 saturated heterocycles. The van der Waals surface area contributed by atoms with Gasteiger partial charge in [0.1, 0.15) is 5.76 Å². The van der Waals surface area contributed by atoms with Crippen molar-refractivity contribution in [1.29, 1.82) is 0 Å². The Balaban J connectivity index is 2.37. The van der Waals surface area contributed by atoms with Gasteiger partial charge in [-0.05, 0) is 18.4 Å². The summed E-state index contributed by atoms with van der Waals surface area (Å²) in [5.41, 5.74) is 2.76. The molecule has 3 nitrogen and oxygen atoms in total. The minimum absolute atomic E-state index is 0.297. The molecule has 1 heterocycles. The van der Waals surface area contributed by atoms with E-state index in [0.29, 0.717) is 6.04 Å². The van der Waals surface area contributed by atoms with Gasteiger partial charge in [0.05, 0.1) is 6.26 Å². The van der Waals surface area contributed by atoms with Crippen LogP contribution >= 0.6 is 11.8 Å². The molecule has 0 fully saturated rings. The molecule has 12 heavy (non-hydrogen) atoms. The largest absolute Gasteiger partial charge is 0.469 e. The van der Waals surface area contributed by atoms with Gasteiger partial charge in [-0.1, -0.05) is 0 Å². The molecule has 0 aliphatic rings. The second-order valence-electron chi connectivity index (χ2n) is 2.60. The van der Waals surface area contributed by atoms with Crippen LogP contribution in [0.25, 0.3) is 0 Å². The van der Waals surface area contributed by atoms with Gasteiger partial charge in [-0.15, -0.1) is 0 Å². The highest BCUT2D eigenvalue weighted by molar-refractivity contribution is 7.98. The maximum Gasteiger partial charge on any atom is 0.105 e. The third kappa shape index (κ3) is 2.89. The molecule has 1 aromatic heterocycles. The second kappa shape index (κ2) is 5.24. The fraction of sp³-hybridized carbons (Fsp3) is 0.500. The SMILES string of the molecule is CSCC(Cc1ccco1)NN. The van der Waals surface area contributed by atoms with E-state index in [1.807, 2.05) is 12.1 Å². The highest BCUT2D eigenvalue weighted by Gasteiger charge is 2.07. The summed E-state index contributed by atoms with van der Waals surface area (Å²) in [4.78, 5) is 0. The number of thioether (sulfide) groups is 1. The lowest BCUT2D eigenvalue weighted by Gasteiger charge is -2.11. The maximum absolute atomic E-state index is 5.37.